The van der Waals surface area contributed by atoms with E-state index in [4.69, 9.17) is 14.2 Å². The number of hydrogen-bond acceptors (Lipinski definition) is 10. The molecule has 3 aromatic rings. The van der Waals surface area contributed by atoms with Gasteiger partial charge in [0, 0.05) is 31.2 Å². The molecule has 2 aromatic heterocycles. The third-order valence-electron chi connectivity index (χ3n) is 6.77. The number of halogens is 3. The number of pyridine rings is 1. The predicted octanol–water partition coefficient (Wildman–Crippen LogP) is 3.72. The lowest BCUT2D eigenvalue weighted by molar-refractivity contribution is 0.0383. The van der Waals surface area contributed by atoms with Gasteiger partial charge in [-0.3, -0.25) is 14.1 Å². The van der Waals surface area contributed by atoms with Gasteiger partial charge in [-0.05, 0) is 51.6 Å². The van der Waals surface area contributed by atoms with E-state index in [-0.39, 0.29) is 63.7 Å². The van der Waals surface area contributed by atoms with Gasteiger partial charge < -0.3 is 19.5 Å². The molecule has 0 bridgehead atoms. The van der Waals surface area contributed by atoms with Gasteiger partial charge in [-0.2, -0.15) is 12.7 Å². The van der Waals surface area contributed by atoms with E-state index >= 15 is 8.78 Å². The molecule has 47 heavy (non-hydrogen) atoms. The maximum atomic E-state index is 15.8. The highest BCUT2D eigenvalue weighted by atomic mass is 32.2. The summed E-state index contributed by atoms with van der Waals surface area (Å²) in [5.74, 6) is -2.42. The number of nitrogens with zero attached hydrogens (tertiary/aromatic N) is 4. The van der Waals surface area contributed by atoms with Crippen molar-refractivity contribution in [1.82, 2.24) is 24.2 Å². The van der Waals surface area contributed by atoms with Crippen molar-refractivity contribution in [2.45, 2.75) is 50.7 Å². The highest BCUT2D eigenvalue weighted by Crippen LogP contribution is 2.32. The molecule has 1 fully saturated rings. The fraction of sp³-hybridized carbons (Fsp3) is 0.517. The first kappa shape index (κ1) is 36.4. The van der Waals surface area contributed by atoms with Gasteiger partial charge in [0.15, 0.2) is 11.0 Å². The Balaban J connectivity index is 1.49. The van der Waals surface area contributed by atoms with Crippen molar-refractivity contribution in [1.29, 1.82) is 0 Å². The summed E-state index contributed by atoms with van der Waals surface area (Å²) in [5, 5.41) is 3.23. The third-order valence-corrected chi connectivity index (χ3v) is 8.82. The van der Waals surface area contributed by atoms with Crippen LogP contribution in [0.2, 0.25) is 0 Å². The molecule has 18 heteroatoms. The van der Waals surface area contributed by atoms with Crippen LogP contribution in [0.15, 0.2) is 34.3 Å². The zero-order valence-corrected chi connectivity index (χ0v) is 28.0. The number of alkyl carbamates (subject to hydrolysis) is 1. The number of fused-ring (bicyclic) bond motifs is 1. The molecule has 0 aliphatic carbocycles. The summed E-state index contributed by atoms with van der Waals surface area (Å²) < 4.78 is 90.5. The Hall–Kier alpha value is -3.45. The molecule has 4 rings (SSSR count). The van der Waals surface area contributed by atoms with Crippen LogP contribution in [0.3, 0.4) is 0 Å². The zero-order valence-electron chi connectivity index (χ0n) is 26.3. The van der Waals surface area contributed by atoms with Crippen molar-refractivity contribution in [3.05, 3.63) is 46.4 Å². The maximum absolute atomic E-state index is 15.8. The van der Waals surface area contributed by atoms with Crippen molar-refractivity contribution in [2.24, 2.45) is 0 Å². The average molecular weight is 703 g/mol. The molecule has 3 heterocycles. The Bertz CT molecular complexity index is 1750. The molecule has 0 saturated carbocycles. The predicted molar refractivity (Wildman–Crippen MR) is 170 cm³/mol. The van der Waals surface area contributed by atoms with Crippen molar-refractivity contribution in [3.8, 4) is 11.1 Å². The lowest BCUT2D eigenvalue weighted by Gasteiger charge is -2.19. The molecule has 258 valence electrons. The van der Waals surface area contributed by atoms with Crippen molar-refractivity contribution in [3.63, 3.8) is 0 Å². The number of thioether (sulfide) groups is 1. The lowest BCUT2D eigenvalue weighted by Crippen LogP contribution is -2.34. The second kappa shape index (κ2) is 15.6. The summed E-state index contributed by atoms with van der Waals surface area (Å²) in [7, 11) is -4.35. The number of rotatable bonds is 14. The van der Waals surface area contributed by atoms with Crippen molar-refractivity contribution < 1.29 is 40.6 Å². The first-order valence-corrected chi connectivity index (χ1v) is 17.3. The fourth-order valence-corrected chi connectivity index (χ4v) is 6.24. The van der Waals surface area contributed by atoms with Gasteiger partial charge in [0.25, 0.3) is 5.56 Å². The number of benzene rings is 1. The van der Waals surface area contributed by atoms with E-state index in [1.807, 2.05) is 4.72 Å². The molecule has 1 aliphatic heterocycles. The van der Waals surface area contributed by atoms with Gasteiger partial charge in [0.2, 0.25) is 0 Å². The highest BCUT2D eigenvalue weighted by molar-refractivity contribution is 7.98. The van der Waals surface area contributed by atoms with E-state index in [2.05, 4.69) is 15.3 Å². The third kappa shape index (κ3) is 9.56. The van der Waals surface area contributed by atoms with Crippen molar-refractivity contribution in [2.75, 3.05) is 57.0 Å². The van der Waals surface area contributed by atoms with Gasteiger partial charge in [0.05, 0.1) is 49.8 Å². The Morgan fingerprint density at radius 1 is 1.15 bits per heavy atom. The minimum Gasteiger partial charge on any atom is -0.444 e. The van der Waals surface area contributed by atoms with Crippen molar-refractivity contribution >= 4 is 44.8 Å². The normalized spacial score (nSPS) is 15.7. The molecule has 1 aliphatic rings. The maximum Gasteiger partial charge on any atom is 0.407 e. The molecule has 2 N–H and O–H groups in total. The molecule has 0 radical (unpaired) electrons. The van der Waals surface area contributed by atoms with Gasteiger partial charge in [-0.25, -0.2) is 27.9 Å². The Morgan fingerprint density at radius 3 is 2.53 bits per heavy atom. The van der Waals surface area contributed by atoms with Crippen LogP contribution in [0.4, 0.5) is 23.7 Å². The SMILES string of the molecule is CSc1ncc2cc(-c3c(F)ccc(NS(=O)(=O)N4CC[C@@H](F)C4)c3F)c(=O)n(CCOCCOCCNC(=O)OC(C)(C)C)c2n1. The minimum atomic E-state index is -4.35. The second-order valence-electron chi connectivity index (χ2n) is 11.4. The molecule has 1 aromatic carbocycles. The van der Waals surface area contributed by atoms with E-state index in [1.54, 1.807) is 27.0 Å². The van der Waals surface area contributed by atoms with Crippen LogP contribution in [0.1, 0.15) is 27.2 Å². The zero-order chi connectivity index (χ0) is 34.4. The summed E-state index contributed by atoms with van der Waals surface area (Å²) in [5.41, 5.74) is -2.95. The van der Waals surface area contributed by atoms with E-state index in [1.165, 1.54) is 28.6 Å². The second-order valence-corrected chi connectivity index (χ2v) is 13.9. The van der Waals surface area contributed by atoms with Crippen LogP contribution >= 0.6 is 11.8 Å². The summed E-state index contributed by atoms with van der Waals surface area (Å²) in [6.07, 6.45) is 1.25. The number of aromatic nitrogens is 3. The molecular weight excluding hydrogens is 665 g/mol. The topological polar surface area (TPSA) is 154 Å². The first-order valence-electron chi connectivity index (χ1n) is 14.7. The smallest absolute Gasteiger partial charge is 0.407 e. The quantitative estimate of drug-likeness (QED) is 0.144. The largest absolute Gasteiger partial charge is 0.444 e. The number of anilines is 1. The number of hydrogen-bond donors (Lipinski definition) is 2. The number of carbonyl (C=O) groups is 1. The van der Waals surface area contributed by atoms with E-state index in [0.717, 1.165) is 16.4 Å². The van der Waals surface area contributed by atoms with Crippen LogP contribution in [0, 0.1) is 11.6 Å². The van der Waals surface area contributed by atoms with Crippen LogP contribution in [0.25, 0.3) is 22.2 Å². The molecule has 0 unspecified atom stereocenters. The summed E-state index contributed by atoms with van der Waals surface area (Å²) in [4.78, 5) is 34.1. The fourth-order valence-electron chi connectivity index (χ4n) is 4.63. The van der Waals surface area contributed by atoms with Gasteiger partial charge >= 0.3 is 16.3 Å². The van der Waals surface area contributed by atoms with Crippen LogP contribution in [0.5, 0.6) is 0 Å². The van der Waals surface area contributed by atoms with Crippen LogP contribution in [-0.4, -0.2) is 97.4 Å². The van der Waals surface area contributed by atoms with Crippen LogP contribution in [-0.2, 0) is 31.0 Å². The summed E-state index contributed by atoms with van der Waals surface area (Å²) in [6, 6.07) is 2.98. The minimum absolute atomic E-state index is 0.000909. The van der Waals surface area contributed by atoms with E-state index in [0.29, 0.717) is 10.5 Å². The number of ether oxygens (including phenoxy) is 3. The first-order chi connectivity index (χ1) is 22.2. The molecule has 1 amide bonds. The summed E-state index contributed by atoms with van der Waals surface area (Å²) in [6.45, 7) is 5.50. The molecule has 1 saturated heterocycles. The molecule has 13 nitrogen and oxygen atoms in total. The van der Waals surface area contributed by atoms with Crippen LogP contribution < -0.4 is 15.6 Å². The number of amides is 1. The van der Waals surface area contributed by atoms with E-state index in [9.17, 15) is 22.4 Å². The Labute approximate surface area is 274 Å². The monoisotopic (exact) mass is 702 g/mol. The van der Waals surface area contributed by atoms with E-state index < -0.39 is 63.1 Å². The molecule has 1 atom stereocenters. The summed E-state index contributed by atoms with van der Waals surface area (Å²) >= 11 is 1.23. The van der Waals surface area contributed by atoms with Gasteiger partial charge in [0.1, 0.15) is 23.2 Å². The standard InChI is InChI=1S/C29H37F3N6O7S2/c1-29(2,3)45-28(40)33-8-11-43-13-14-44-12-10-38-25-18(16-34-27(35-25)46-4)15-20(26(38)39)23-21(31)5-6-22(24(23)32)36-47(41,42)37-9-7-19(30)17-37/h5-6,15-16,19,36H,7-14,17H2,1-4H3,(H,33,40)/t19-/m1/s1. The molecule has 0 spiro atoms. The number of nitrogens with one attached hydrogen (secondary N) is 2. The Kier molecular flexibility index (Phi) is 12.1. The number of alkyl halides is 1. The number of carbonyl (C=O) groups excluding carboxylic acids is 1. The van der Waals surface area contributed by atoms with Gasteiger partial charge in [-0.1, -0.05) is 11.8 Å². The molecular formula is C29H37F3N6O7S2. The lowest BCUT2D eigenvalue weighted by atomic mass is 10.0. The highest BCUT2D eigenvalue weighted by Gasteiger charge is 2.32. The van der Waals surface area contributed by atoms with Gasteiger partial charge in [-0.15, -0.1) is 0 Å². The Morgan fingerprint density at radius 2 is 1.87 bits per heavy atom. The average Bonchev–Trinajstić information content (AvgIpc) is 3.45.